The minimum atomic E-state index is -4.26. The van der Waals surface area contributed by atoms with Crippen molar-refractivity contribution in [3.63, 3.8) is 0 Å². The van der Waals surface area contributed by atoms with Crippen LogP contribution in [0.2, 0.25) is 0 Å². The molecule has 0 aromatic heterocycles. The van der Waals surface area contributed by atoms with Crippen molar-refractivity contribution in [3.8, 4) is 0 Å². The van der Waals surface area contributed by atoms with Crippen LogP contribution < -0.4 is 0 Å². The van der Waals surface area contributed by atoms with Gasteiger partial charge in [-0.3, -0.25) is 0 Å². The van der Waals surface area contributed by atoms with Gasteiger partial charge in [-0.15, -0.1) is 0 Å². The summed E-state index contributed by atoms with van der Waals surface area (Å²) in [7, 11) is 0. The Bertz CT molecular complexity index is 733. The number of aliphatic carboxylic acids is 1. The molecule has 0 unspecified atom stereocenters. The van der Waals surface area contributed by atoms with E-state index in [2.05, 4.69) is 4.74 Å². The lowest BCUT2D eigenvalue weighted by atomic mass is 10.00. The standard InChI is InChI=1S/C19H22F2O6/c1-17(2,19(20,21)16(24)25)26-14(22)12-6-8-13(9-7-12)15(23)27-18(3)10-4-5-11-18/h6-9H,4-5,10-11H2,1-3H3,(H,24,25). The number of carboxylic acids is 1. The minimum Gasteiger partial charge on any atom is -0.477 e. The molecule has 1 aliphatic carbocycles. The highest BCUT2D eigenvalue weighted by Gasteiger charge is 2.56. The fourth-order valence-electron chi connectivity index (χ4n) is 2.86. The average molecular weight is 384 g/mol. The fraction of sp³-hybridized carbons (Fsp3) is 0.526. The molecule has 0 amide bonds. The van der Waals surface area contributed by atoms with Gasteiger partial charge >= 0.3 is 23.8 Å². The molecule has 148 valence electrons. The Hall–Kier alpha value is -2.51. The molecule has 0 atom stereocenters. The van der Waals surface area contributed by atoms with Crippen molar-refractivity contribution in [2.75, 3.05) is 0 Å². The smallest absolute Gasteiger partial charge is 0.380 e. The van der Waals surface area contributed by atoms with E-state index in [4.69, 9.17) is 9.84 Å². The quantitative estimate of drug-likeness (QED) is 0.750. The van der Waals surface area contributed by atoms with Crippen molar-refractivity contribution in [1.82, 2.24) is 0 Å². The van der Waals surface area contributed by atoms with Gasteiger partial charge in [-0.2, -0.15) is 8.78 Å². The molecule has 1 aromatic carbocycles. The molecule has 1 aromatic rings. The van der Waals surface area contributed by atoms with Crippen LogP contribution in [0, 0.1) is 0 Å². The maximum Gasteiger partial charge on any atom is 0.380 e. The number of carbonyl (C=O) groups excluding carboxylic acids is 2. The lowest BCUT2D eigenvalue weighted by molar-refractivity contribution is -0.200. The predicted molar refractivity (Wildman–Crippen MR) is 90.8 cm³/mol. The van der Waals surface area contributed by atoms with Crippen LogP contribution in [0.3, 0.4) is 0 Å². The summed E-state index contributed by atoms with van der Waals surface area (Å²) in [5.41, 5.74) is -2.92. The van der Waals surface area contributed by atoms with E-state index in [9.17, 15) is 23.2 Å². The average Bonchev–Trinajstić information content (AvgIpc) is 3.00. The molecule has 1 saturated carbocycles. The minimum absolute atomic E-state index is 0.0899. The Kier molecular flexibility index (Phi) is 5.58. The Morgan fingerprint density at radius 2 is 1.44 bits per heavy atom. The van der Waals surface area contributed by atoms with E-state index in [1.54, 1.807) is 0 Å². The molecule has 2 rings (SSSR count). The van der Waals surface area contributed by atoms with Gasteiger partial charge in [0.2, 0.25) is 0 Å². The van der Waals surface area contributed by atoms with Crippen LogP contribution >= 0.6 is 0 Å². The Balaban J connectivity index is 2.07. The number of alkyl halides is 2. The molecule has 0 spiro atoms. The van der Waals surface area contributed by atoms with E-state index in [1.165, 1.54) is 24.3 Å². The molecular formula is C19H22F2O6. The number of esters is 2. The molecule has 1 aliphatic rings. The molecule has 1 N–H and O–H groups in total. The van der Waals surface area contributed by atoms with Crippen molar-refractivity contribution >= 4 is 17.9 Å². The maximum absolute atomic E-state index is 13.7. The van der Waals surface area contributed by atoms with Gasteiger partial charge in [0.25, 0.3) is 0 Å². The van der Waals surface area contributed by atoms with E-state index >= 15 is 0 Å². The normalized spacial score (nSPS) is 16.6. The highest BCUT2D eigenvalue weighted by molar-refractivity contribution is 5.94. The first-order valence-electron chi connectivity index (χ1n) is 8.56. The molecule has 0 bridgehead atoms. The topological polar surface area (TPSA) is 89.9 Å². The van der Waals surface area contributed by atoms with Gasteiger partial charge in [0.05, 0.1) is 11.1 Å². The number of carbonyl (C=O) groups is 3. The Labute approximate surface area is 155 Å². The number of hydrogen-bond acceptors (Lipinski definition) is 5. The van der Waals surface area contributed by atoms with Gasteiger partial charge in [0.1, 0.15) is 5.60 Å². The highest BCUT2D eigenvalue weighted by atomic mass is 19.3. The molecular weight excluding hydrogens is 362 g/mol. The van der Waals surface area contributed by atoms with Gasteiger partial charge < -0.3 is 14.6 Å². The van der Waals surface area contributed by atoms with Crippen LogP contribution in [0.15, 0.2) is 24.3 Å². The van der Waals surface area contributed by atoms with Gasteiger partial charge in [-0.05, 0) is 70.7 Å². The Morgan fingerprint density at radius 3 is 1.89 bits per heavy atom. The SMILES string of the molecule is CC1(OC(=O)c2ccc(C(=O)OC(C)(C)C(F)(F)C(=O)O)cc2)CCCC1. The van der Waals surface area contributed by atoms with Crippen LogP contribution in [0.4, 0.5) is 8.78 Å². The summed E-state index contributed by atoms with van der Waals surface area (Å²) in [6.45, 7) is 3.49. The van der Waals surface area contributed by atoms with Crippen molar-refractivity contribution in [2.24, 2.45) is 0 Å². The number of rotatable bonds is 6. The lowest BCUT2D eigenvalue weighted by Gasteiger charge is -2.30. The van der Waals surface area contributed by atoms with Crippen LogP contribution in [0.25, 0.3) is 0 Å². The Morgan fingerprint density at radius 1 is 1.00 bits per heavy atom. The summed E-state index contributed by atoms with van der Waals surface area (Å²) in [6.07, 6.45) is 3.56. The molecule has 8 heteroatoms. The largest absolute Gasteiger partial charge is 0.477 e. The summed E-state index contributed by atoms with van der Waals surface area (Å²) in [5, 5.41) is 8.60. The van der Waals surface area contributed by atoms with Crippen molar-refractivity contribution in [3.05, 3.63) is 35.4 Å². The zero-order chi connectivity index (χ0) is 20.5. The molecule has 0 saturated heterocycles. The number of benzene rings is 1. The maximum atomic E-state index is 13.7. The van der Waals surface area contributed by atoms with Crippen molar-refractivity contribution in [2.45, 2.75) is 63.6 Å². The fourth-order valence-corrected chi connectivity index (χ4v) is 2.86. The summed E-state index contributed by atoms with van der Waals surface area (Å²) < 4.78 is 37.5. The van der Waals surface area contributed by atoms with Gasteiger partial charge in [-0.1, -0.05) is 0 Å². The third-order valence-corrected chi connectivity index (χ3v) is 4.73. The van der Waals surface area contributed by atoms with Crippen molar-refractivity contribution < 1.29 is 37.7 Å². The molecule has 0 heterocycles. The first-order chi connectivity index (χ1) is 12.4. The summed E-state index contributed by atoms with van der Waals surface area (Å²) in [4.78, 5) is 35.0. The number of carboxylic acid groups (broad SMARTS) is 1. The van der Waals surface area contributed by atoms with Gasteiger partial charge in [-0.25, -0.2) is 14.4 Å². The van der Waals surface area contributed by atoms with E-state index in [1.807, 2.05) is 6.92 Å². The number of halogens is 2. The van der Waals surface area contributed by atoms with Gasteiger partial charge in [0, 0.05) is 0 Å². The van der Waals surface area contributed by atoms with E-state index in [-0.39, 0.29) is 11.1 Å². The van der Waals surface area contributed by atoms with E-state index in [0.29, 0.717) is 0 Å². The van der Waals surface area contributed by atoms with Crippen LogP contribution in [0.1, 0.15) is 67.2 Å². The lowest BCUT2D eigenvalue weighted by Crippen LogP contribution is -2.51. The van der Waals surface area contributed by atoms with Crippen LogP contribution in [-0.4, -0.2) is 40.1 Å². The molecule has 0 radical (unpaired) electrons. The number of hydrogen-bond donors (Lipinski definition) is 1. The summed E-state index contributed by atoms with van der Waals surface area (Å²) in [5.74, 6) is -8.30. The van der Waals surface area contributed by atoms with E-state index in [0.717, 1.165) is 39.5 Å². The van der Waals surface area contributed by atoms with Crippen LogP contribution in [-0.2, 0) is 14.3 Å². The first-order valence-corrected chi connectivity index (χ1v) is 8.56. The predicted octanol–water partition coefficient (Wildman–Crippen LogP) is 3.83. The van der Waals surface area contributed by atoms with Crippen LogP contribution in [0.5, 0.6) is 0 Å². The molecule has 0 aliphatic heterocycles. The van der Waals surface area contributed by atoms with Gasteiger partial charge in [0.15, 0.2) is 5.60 Å². The first kappa shape index (κ1) is 20.8. The van der Waals surface area contributed by atoms with Crippen molar-refractivity contribution in [1.29, 1.82) is 0 Å². The second-order valence-electron chi connectivity index (χ2n) is 7.40. The third-order valence-electron chi connectivity index (χ3n) is 4.73. The third kappa shape index (κ3) is 4.43. The van der Waals surface area contributed by atoms with E-state index < -0.39 is 35.0 Å². The summed E-state index contributed by atoms with van der Waals surface area (Å²) >= 11 is 0. The summed E-state index contributed by atoms with van der Waals surface area (Å²) in [6, 6.07) is 5.15. The molecule has 1 fully saturated rings. The second kappa shape index (κ2) is 7.25. The molecule has 6 nitrogen and oxygen atoms in total. The zero-order valence-electron chi connectivity index (χ0n) is 15.4. The monoisotopic (exact) mass is 384 g/mol. The number of ether oxygens (including phenoxy) is 2. The zero-order valence-corrected chi connectivity index (χ0v) is 15.4. The highest BCUT2D eigenvalue weighted by Crippen LogP contribution is 2.34. The molecule has 27 heavy (non-hydrogen) atoms. The second-order valence-corrected chi connectivity index (χ2v) is 7.40.